The van der Waals surface area contributed by atoms with E-state index in [0.717, 1.165) is 38.9 Å². The lowest BCUT2D eigenvalue weighted by atomic mass is 9.99. The van der Waals surface area contributed by atoms with E-state index in [1.54, 1.807) is 6.07 Å². The number of rotatable bonds is 3. The van der Waals surface area contributed by atoms with E-state index in [9.17, 15) is 4.79 Å². The standard InChI is InChI=1S/C25H20Cl2N2O/c1-14-10-16(3)24-20(11-14)21(13-23(29-24)17-5-7-18(26)8-6-17)25(30)28-19-9-4-15(2)22(27)12-19/h4-13H,1-3H3,(H,28,30). The Morgan fingerprint density at radius 3 is 2.30 bits per heavy atom. The van der Waals surface area contributed by atoms with E-state index < -0.39 is 0 Å². The maximum atomic E-state index is 13.3. The van der Waals surface area contributed by atoms with Crippen molar-refractivity contribution in [1.29, 1.82) is 0 Å². The number of hydrogen-bond donors (Lipinski definition) is 1. The molecule has 0 aliphatic heterocycles. The van der Waals surface area contributed by atoms with Crippen LogP contribution in [0.4, 0.5) is 5.69 Å². The molecule has 0 fully saturated rings. The van der Waals surface area contributed by atoms with E-state index in [4.69, 9.17) is 28.2 Å². The Morgan fingerprint density at radius 2 is 1.60 bits per heavy atom. The Bertz CT molecular complexity index is 1280. The largest absolute Gasteiger partial charge is 0.322 e. The fraction of sp³-hybridized carbons (Fsp3) is 0.120. The van der Waals surface area contributed by atoms with Crippen LogP contribution in [0.1, 0.15) is 27.0 Å². The van der Waals surface area contributed by atoms with Gasteiger partial charge in [-0.1, -0.05) is 53.0 Å². The molecule has 0 bridgehead atoms. The Kier molecular flexibility index (Phi) is 5.50. The molecule has 0 atom stereocenters. The molecule has 3 aromatic carbocycles. The van der Waals surface area contributed by atoms with Gasteiger partial charge in [-0.05, 0) is 68.3 Å². The number of nitrogens with zero attached hydrogens (tertiary/aromatic N) is 1. The van der Waals surface area contributed by atoms with E-state index in [-0.39, 0.29) is 5.91 Å². The van der Waals surface area contributed by atoms with E-state index in [0.29, 0.717) is 21.3 Å². The zero-order valence-electron chi connectivity index (χ0n) is 16.9. The molecule has 4 aromatic rings. The first-order valence-electron chi connectivity index (χ1n) is 9.57. The molecular weight excluding hydrogens is 415 g/mol. The van der Waals surface area contributed by atoms with Crippen LogP contribution in [0, 0.1) is 20.8 Å². The van der Waals surface area contributed by atoms with Gasteiger partial charge in [0.05, 0.1) is 16.8 Å². The maximum absolute atomic E-state index is 13.3. The van der Waals surface area contributed by atoms with Crippen molar-refractivity contribution < 1.29 is 4.79 Å². The number of hydrogen-bond acceptors (Lipinski definition) is 2. The molecule has 1 heterocycles. The summed E-state index contributed by atoms with van der Waals surface area (Å²) < 4.78 is 0. The Morgan fingerprint density at radius 1 is 0.867 bits per heavy atom. The smallest absolute Gasteiger partial charge is 0.256 e. The Hall–Kier alpha value is -2.88. The van der Waals surface area contributed by atoms with Crippen molar-refractivity contribution in [1.82, 2.24) is 4.98 Å². The molecule has 0 unspecified atom stereocenters. The summed E-state index contributed by atoms with van der Waals surface area (Å²) in [5.41, 5.74) is 6.69. The van der Waals surface area contributed by atoms with Crippen LogP contribution in [0.25, 0.3) is 22.2 Å². The van der Waals surface area contributed by atoms with Crippen molar-refractivity contribution in [3.63, 3.8) is 0 Å². The van der Waals surface area contributed by atoms with E-state index >= 15 is 0 Å². The molecule has 0 saturated heterocycles. The molecule has 0 aliphatic rings. The average molecular weight is 435 g/mol. The second kappa shape index (κ2) is 8.10. The first-order valence-corrected chi connectivity index (χ1v) is 10.3. The molecule has 0 aliphatic carbocycles. The minimum atomic E-state index is -0.206. The zero-order chi connectivity index (χ0) is 21.4. The summed E-state index contributed by atoms with van der Waals surface area (Å²) in [4.78, 5) is 18.1. The van der Waals surface area contributed by atoms with E-state index in [1.807, 2.05) is 69.3 Å². The number of pyridine rings is 1. The molecule has 1 N–H and O–H groups in total. The Balaban J connectivity index is 1.86. The number of nitrogens with one attached hydrogen (secondary N) is 1. The van der Waals surface area contributed by atoms with Gasteiger partial charge in [-0.25, -0.2) is 4.98 Å². The number of amides is 1. The van der Waals surface area contributed by atoms with Crippen molar-refractivity contribution >= 4 is 45.7 Å². The van der Waals surface area contributed by atoms with Gasteiger partial charge in [-0.2, -0.15) is 0 Å². The van der Waals surface area contributed by atoms with E-state index in [2.05, 4.69) is 11.4 Å². The lowest BCUT2D eigenvalue weighted by molar-refractivity contribution is 0.102. The average Bonchev–Trinajstić information content (AvgIpc) is 2.70. The Labute approximate surface area is 185 Å². The second-order valence-corrected chi connectivity index (χ2v) is 8.30. The van der Waals surface area contributed by atoms with Gasteiger partial charge in [0.15, 0.2) is 0 Å². The number of aromatic nitrogens is 1. The third-order valence-electron chi connectivity index (χ3n) is 5.06. The summed E-state index contributed by atoms with van der Waals surface area (Å²) in [7, 11) is 0. The number of anilines is 1. The highest BCUT2D eigenvalue weighted by Gasteiger charge is 2.16. The molecule has 1 amide bonds. The van der Waals surface area contributed by atoms with Gasteiger partial charge in [-0.3, -0.25) is 4.79 Å². The minimum Gasteiger partial charge on any atom is -0.322 e. The summed E-state index contributed by atoms with van der Waals surface area (Å²) in [6.45, 7) is 5.95. The molecular formula is C25H20Cl2N2O. The molecule has 0 saturated carbocycles. The second-order valence-electron chi connectivity index (χ2n) is 7.46. The predicted octanol–water partition coefficient (Wildman–Crippen LogP) is 7.39. The maximum Gasteiger partial charge on any atom is 0.256 e. The summed E-state index contributed by atoms with van der Waals surface area (Å²) in [5.74, 6) is -0.206. The van der Waals surface area contributed by atoms with Crippen molar-refractivity contribution in [3.8, 4) is 11.3 Å². The van der Waals surface area contributed by atoms with Gasteiger partial charge >= 0.3 is 0 Å². The zero-order valence-corrected chi connectivity index (χ0v) is 18.4. The molecule has 3 nitrogen and oxygen atoms in total. The monoisotopic (exact) mass is 434 g/mol. The number of benzene rings is 3. The third kappa shape index (κ3) is 4.04. The summed E-state index contributed by atoms with van der Waals surface area (Å²) in [5, 5.41) is 5.06. The normalized spacial score (nSPS) is 11.0. The molecule has 5 heteroatoms. The van der Waals surface area contributed by atoms with Crippen LogP contribution in [-0.4, -0.2) is 10.9 Å². The van der Waals surface area contributed by atoms with Crippen molar-refractivity contribution in [2.45, 2.75) is 20.8 Å². The van der Waals surface area contributed by atoms with Crippen molar-refractivity contribution in [3.05, 3.63) is 93.0 Å². The molecule has 0 spiro atoms. The highest BCUT2D eigenvalue weighted by Crippen LogP contribution is 2.29. The summed E-state index contributed by atoms with van der Waals surface area (Å²) in [6, 6.07) is 18.8. The first-order chi connectivity index (χ1) is 14.3. The molecule has 0 radical (unpaired) electrons. The highest BCUT2D eigenvalue weighted by atomic mass is 35.5. The van der Waals surface area contributed by atoms with Gasteiger partial charge in [0.1, 0.15) is 0 Å². The molecule has 4 rings (SSSR count). The van der Waals surface area contributed by atoms with Crippen LogP contribution in [-0.2, 0) is 0 Å². The predicted molar refractivity (Wildman–Crippen MR) is 126 cm³/mol. The fourth-order valence-electron chi connectivity index (χ4n) is 3.51. The fourth-order valence-corrected chi connectivity index (χ4v) is 3.81. The van der Waals surface area contributed by atoms with Gasteiger partial charge in [0.25, 0.3) is 5.91 Å². The van der Waals surface area contributed by atoms with Crippen LogP contribution < -0.4 is 5.32 Å². The minimum absolute atomic E-state index is 0.206. The first kappa shape index (κ1) is 20.4. The number of halogens is 2. The van der Waals surface area contributed by atoms with Gasteiger partial charge in [0, 0.05) is 26.7 Å². The number of aryl methyl sites for hydroxylation is 3. The SMILES string of the molecule is Cc1cc(C)c2nc(-c3ccc(Cl)cc3)cc(C(=O)Nc3ccc(C)c(Cl)c3)c2c1. The van der Waals surface area contributed by atoms with Crippen molar-refractivity contribution in [2.75, 3.05) is 5.32 Å². The van der Waals surface area contributed by atoms with Crippen LogP contribution in [0.2, 0.25) is 10.0 Å². The van der Waals surface area contributed by atoms with Crippen LogP contribution in [0.15, 0.2) is 60.7 Å². The molecule has 30 heavy (non-hydrogen) atoms. The molecule has 1 aromatic heterocycles. The van der Waals surface area contributed by atoms with E-state index in [1.165, 1.54) is 0 Å². The number of carbonyl (C=O) groups is 1. The van der Waals surface area contributed by atoms with Crippen molar-refractivity contribution in [2.24, 2.45) is 0 Å². The van der Waals surface area contributed by atoms with Crippen LogP contribution in [0.5, 0.6) is 0 Å². The lowest BCUT2D eigenvalue weighted by Crippen LogP contribution is -2.13. The number of carbonyl (C=O) groups excluding carboxylic acids is 1. The molecule has 150 valence electrons. The van der Waals surface area contributed by atoms with Gasteiger partial charge in [-0.15, -0.1) is 0 Å². The quantitative estimate of drug-likeness (QED) is 0.365. The lowest BCUT2D eigenvalue weighted by Gasteiger charge is -2.13. The summed E-state index contributed by atoms with van der Waals surface area (Å²) >= 11 is 12.3. The topological polar surface area (TPSA) is 42.0 Å². The van der Waals surface area contributed by atoms with Gasteiger partial charge in [0.2, 0.25) is 0 Å². The highest BCUT2D eigenvalue weighted by molar-refractivity contribution is 6.31. The van der Waals surface area contributed by atoms with Crippen LogP contribution >= 0.6 is 23.2 Å². The number of fused-ring (bicyclic) bond motifs is 1. The van der Waals surface area contributed by atoms with Gasteiger partial charge < -0.3 is 5.32 Å². The third-order valence-corrected chi connectivity index (χ3v) is 5.72. The summed E-state index contributed by atoms with van der Waals surface area (Å²) in [6.07, 6.45) is 0. The van der Waals surface area contributed by atoms with Crippen LogP contribution in [0.3, 0.4) is 0 Å².